The quantitative estimate of drug-likeness (QED) is 0.890. The Bertz CT molecular complexity index is 690. The Morgan fingerprint density at radius 3 is 2.55 bits per heavy atom. The van der Waals surface area contributed by atoms with Crippen LogP contribution in [0.3, 0.4) is 0 Å². The summed E-state index contributed by atoms with van der Waals surface area (Å²) < 4.78 is 7.62. The number of nitrogens with zero attached hydrogens (tertiary/aromatic N) is 1. The van der Waals surface area contributed by atoms with Crippen molar-refractivity contribution >= 4 is 0 Å². The van der Waals surface area contributed by atoms with E-state index in [9.17, 15) is 4.79 Å². The summed E-state index contributed by atoms with van der Waals surface area (Å²) in [6.07, 6.45) is 0.942. The van der Waals surface area contributed by atoms with Gasteiger partial charge in [-0.05, 0) is 38.5 Å². The van der Waals surface area contributed by atoms with Gasteiger partial charge in [0.1, 0.15) is 5.75 Å². The standard InChI is InChI=1S/C18H24N2O2/c1-4-11-22-17-8-6-5-7-15(17)16-10-9-14(12-19)18(21)20(16)13(2)3/h5-10,13H,4,11-12,19H2,1-3H3. The van der Waals surface area contributed by atoms with E-state index in [1.54, 1.807) is 4.57 Å². The lowest BCUT2D eigenvalue weighted by Crippen LogP contribution is -2.28. The van der Waals surface area contributed by atoms with Crippen LogP contribution in [0.25, 0.3) is 11.3 Å². The van der Waals surface area contributed by atoms with Crippen LogP contribution in [0.4, 0.5) is 0 Å². The molecule has 0 amide bonds. The van der Waals surface area contributed by atoms with E-state index in [4.69, 9.17) is 10.5 Å². The monoisotopic (exact) mass is 300 g/mol. The maximum absolute atomic E-state index is 12.6. The topological polar surface area (TPSA) is 57.2 Å². The van der Waals surface area contributed by atoms with E-state index in [1.807, 2.05) is 50.2 Å². The van der Waals surface area contributed by atoms with Crippen LogP contribution in [-0.4, -0.2) is 11.2 Å². The molecule has 0 aliphatic carbocycles. The molecular formula is C18H24N2O2. The lowest BCUT2D eigenvalue weighted by atomic mass is 10.1. The third-order valence-electron chi connectivity index (χ3n) is 3.56. The number of ether oxygens (including phenoxy) is 1. The van der Waals surface area contributed by atoms with E-state index in [1.165, 1.54) is 0 Å². The highest BCUT2D eigenvalue weighted by Gasteiger charge is 2.15. The Morgan fingerprint density at radius 2 is 1.91 bits per heavy atom. The first kappa shape index (κ1) is 16.3. The number of hydrogen-bond donors (Lipinski definition) is 1. The molecule has 0 spiro atoms. The Morgan fingerprint density at radius 1 is 1.18 bits per heavy atom. The molecule has 2 N–H and O–H groups in total. The molecule has 1 aromatic carbocycles. The molecule has 0 saturated heterocycles. The molecular weight excluding hydrogens is 276 g/mol. The SMILES string of the molecule is CCCOc1ccccc1-c1ccc(CN)c(=O)n1C(C)C. The molecule has 1 aromatic heterocycles. The Hall–Kier alpha value is -2.07. The van der Waals surface area contributed by atoms with Gasteiger partial charge in [-0.15, -0.1) is 0 Å². The molecule has 0 atom stereocenters. The van der Waals surface area contributed by atoms with Crippen LogP contribution in [0.15, 0.2) is 41.2 Å². The van der Waals surface area contributed by atoms with E-state index in [2.05, 4.69) is 6.92 Å². The first-order chi connectivity index (χ1) is 10.6. The number of hydrogen-bond acceptors (Lipinski definition) is 3. The maximum atomic E-state index is 12.6. The summed E-state index contributed by atoms with van der Waals surface area (Å²) in [5.74, 6) is 0.804. The Balaban J connectivity index is 2.63. The minimum Gasteiger partial charge on any atom is -0.493 e. The van der Waals surface area contributed by atoms with E-state index in [-0.39, 0.29) is 18.1 Å². The predicted octanol–water partition coefficient (Wildman–Crippen LogP) is 3.34. The highest BCUT2D eigenvalue weighted by molar-refractivity contribution is 5.67. The van der Waals surface area contributed by atoms with Crippen molar-refractivity contribution < 1.29 is 4.74 Å². The zero-order valence-corrected chi connectivity index (χ0v) is 13.5. The fourth-order valence-corrected chi connectivity index (χ4v) is 2.50. The van der Waals surface area contributed by atoms with Crippen LogP contribution < -0.4 is 16.0 Å². The number of para-hydroxylation sites is 1. The van der Waals surface area contributed by atoms with E-state index >= 15 is 0 Å². The summed E-state index contributed by atoms with van der Waals surface area (Å²) in [6, 6.07) is 11.6. The van der Waals surface area contributed by atoms with E-state index in [0.717, 1.165) is 23.4 Å². The van der Waals surface area contributed by atoms with Crippen LogP contribution in [0.1, 0.15) is 38.8 Å². The highest BCUT2D eigenvalue weighted by atomic mass is 16.5. The zero-order valence-electron chi connectivity index (χ0n) is 13.5. The molecule has 0 bridgehead atoms. The molecule has 118 valence electrons. The van der Waals surface area contributed by atoms with Gasteiger partial charge in [-0.1, -0.05) is 25.1 Å². The van der Waals surface area contributed by atoms with Gasteiger partial charge in [0.25, 0.3) is 5.56 Å². The third-order valence-corrected chi connectivity index (χ3v) is 3.56. The fourth-order valence-electron chi connectivity index (χ4n) is 2.50. The maximum Gasteiger partial charge on any atom is 0.255 e. The summed E-state index contributed by atoms with van der Waals surface area (Å²) in [4.78, 5) is 12.6. The van der Waals surface area contributed by atoms with Crippen molar-refractivity contribution in [2.75, 3.05) is 6.61 Å². The van der Waals surface area contributed by atoms with Gasteiger partial charge in [0.05, 0.1) is 12.3 Å². The van der Waals surface area contributed by atoms with E-state index < -0.39 is 0 Å². The second-order valence-electron chi connectivity index (χ2n) is 5.56. The number of benzene rings is 1. The van der Waals surface area contributed by atoms with Crippen molar-refractivity contribution in [2.24, 2.45) is 5.73 Å². The van der Waals surface area contributed by atoms with Crippen molar-refractivity contribution in [3.05, 3.63) is 52.3 Å². The van der Waals surface area contributed by atoms with Gasteiger partial charge in [-0.2, -0.15) is 0 Å². The van der Waals surface area contributed by atoms with Crippen LogP contribution in [0.2, 0.25) is 0 Å². The third kappa shape index (κ3) is 3.22. The fraction of sp³-hybridized carbons (Fsp3) is 0.389. The molecule has 4 nitrogen and oxygen atoms in total. The molecule has 0 radical (unpaired) electrons. The molecule has 1 heterocycles. The Labute approximate surface area is 131 Å². The van der Waals surface area contributed by atoms with Crippen LogP contribution >= 0.6 is 0 Å². The van der Waals surface area contributed by atoms with Crippen LogP contribution in [0, 0.1) is 0 Å². The summed E-state index contributed by atoms with van der Waals surface area (Å²) >= 11 is 0. The van der Waals surface area contributed by atoms with Crippen LogP contribution in [0.5, 0.6) is 5.75 Å². The molecule has 2 aromatic rings. The molecule has 22 heavy (non-hydrogen) atoms. The Kier molecular flexibility index (Phi) is 5.39. The average Bonchev–Trinajstić information content (AvgIpc) is 2.52. The van der Waals surface area contributed by atoms with Crippen LogP contribution in [-0.2, 0) is 6.54 Å². The number of aromatic nitrogens is 1. The summed E-state index contributed by atoms with van der Waals surface area (Å²) in [5, 5.41) is 0. The van der Waals surface area contributed by atoms with Gasteiger partial charge in [0, 0.05) is 23.7 Å². The molecule has 0 fully saturated rings. The summed E-state index contributed by atoms with van der Waals surface area (Å²) in [6.45, 7) is 6.98. The van der Waals surface area contributed by atoms with Crippen molar-refractivity contribution in [3.8, 4) is 17.0 Å². The normalized spacial score (nSPS) is 11.0. The summed E-state index contributed by atoms with van der Waals surface area (Å²) in [5.41, 5.74) is 8.07. The van der Waals surface area contributed by atoms with Crippen molar-refractivity contribution in [2.45, 2.75) is 39.8 Å². The average molecular weight is 300 g/mol. The van der Waals surface area contributed by atoms with Gasteiger partial charge in [-0.3, -0.25) is 4.79 Å². The first-order valence-electron chi connectivity index (χ1n) is 7.76. The van der Waals surface area contributed by atoms with Crippen molar-refractivity contribution in [1.29, 1.82) is 0 Å². The van der Waals surface area contributed by atoms with Gasteiger partial charge in [0.15, 0.2) is 0 Å². The van der Waals surface area contributed by atoms with Crippen molar-refractivity contribution in [1.82, 2.24) is 4.57 Å². The molecule has 0 aliphatic rings. The lowest BCUT2D eigenvalue weighted by Gasteiger charge is -2.19. The lowest BCUT2D eigenvalue weighted by molar-refractivity contribution is 0.318. The minimum atomic E-state index is -0.0275. The molecule has 0 saturated carbocycles. The van der Waals surface area contributed by atoms with E-state index in [0.29, 0.717) is 12.2 Å². The second kappa shape index (κ2) is 7.27. The number of pyridine rings is 1. The molecule has 0 unspecified atom stereocenters. The molecule has 4 heteroatoms. The first-order valence-corrected chi connectivity index (χ1v) is 7.76. The van der Waals surface area contributed by atoms with Gasteiger partial charge in [0.2, 0.25) is 0 Å². The zero-order chi connectivity index (χ0) is 16.1. The summed E-state index contributed by atoms with van der Waals surface area (Å²) in [7, 11) is 0. The second-order valence-corrected chi connectivity index (χ2v) is 5.56. The minimum absolute atomic E-state index is 0.0275. The molecule has 0 aliphatic heterocycles. The van der Waals surface area contributed by atoms with Gasteiger partial charge >= 0.3 is 0 Å². The van der Waals surface area contributed by atoms with Gasteiger partial charge in [-0.25, -0.2) is 0 Å². The highest BCUT2D eigenvalue weighted by Crippen LogP contribution is 2.30. The smallest absolute Gasteiger partial charge is 0.255 e. The van der Waals surface area contributed by atoms with Gasteiger partial charge < -0.3 is 15.0 Å². The van der Waals surface area contributed by atoms with Crippen molar-refractivity contribution in [3.63, 3.8) is 0 Å². The predicted molar refractivity (Wildman–Crippen MR) is 90.2 cm³/mol. The molecule has 2 rings (SSSR count). The number of nitrogens with two attached hydrogens (primary N) is 1. The number of rotatable bonds is 6. The largest absolute Gasteiger partial charge is 0.493 e.